The molecule has 2 aromatic carbocycles. The van der Waals surface area contributed by atoms with Gasteiger partial charge < -0.3 is 18.9 Å². The van der Waals surface area contributed by atoms with Gasteiger partial charge in [0, 0.05) is 12.6 Å². The van der Waals surface area contributed by atoms with Crippen LogP contribution in [0.25, 0.3) is 0 Å². The normalized spacial score (nSPS) is 20.2. The van der Waals surface area contributed by atoms with Crippen LogP contribution in [0.15, 0.2) is 79.0 Å². The lowest BCUT2D eigenvalue weighted by atomic mass is 10.1. The summed E-state index contributed by atoms with van der Waals surface area (Å²) in [6.07, 6.45) is 1.61. The molecule has 3 aromatic rings. The van der Waals surface area contributed by atoms with E-state index in [1.807, 2.05) is 60.7 Å². The van der Waals surface area contributed by atoms with Crippen molar-refractivity contribution in [3.05, 3.63) is 101 Å². The molecule has 4 rings (SSSR count). The Bertz CT molecular complexity index is 978. The van der Waals surface area contributed by atoms with Crippen molar-refractivity contribution in [1.82, 2.24) is 4.98 Å². The van der Waals surface area contributed by atoms with E-state index in [0.29, 0.717) is 31.8 Å². The van der Waals surface area contributed by atoms with Crippen molar-refractivity contribution in [3.8, 4) is 0 Å². The molecule has 0 amide bonds. The van der Waals surface area contributed by atoms with E-state index in [-0.39, 0.29) is 18.3 Å². The molecule has 166 valence electrons. The van der Waals surface area contributed by atoms with E-state index in [9.17, 15) is 4.79 Å². The van der Waals surface area contributed by atoms with Gasteiger partial charge in [-0.25, -0.2) is 4.79 Å². The topological polar surface area (TPSA) is 66.9 Å². The molecule has 0 aliphatic carbocycles. The number of esters is 1. The zero-order chi connectivity index (χ0) is 22.2. The summed E-state index contributed by atoms with van der Waals surface area (Å²) in [6.45, 7) is 1.44. The maximum absolute atomic E-state index is 11.7. The average Bonchev–Trinajstić information content (AvgIpc) is 3.26. The first-order chi connectivity index (χ1) is 15.7. The average molecular weight is 434 g/mol. The van der Waals surface area contributed by atoms with Crippen molar-refractivity contribution in [2.24, 2.45) is 0 Å². The van der Waals surface area contributed by atoms with Gasteiger partial charge in [-0.15, -0.1) is 0 Å². The molecule has 6 heteroatoms. The molecule has 0 radical (unpaired) electrons. The van der Waals surface area contributed by atoms with Crippen LogP contribution < -0.4 is 0 Å². The van der Waals surface area contributed by atoms with E-state index >= 15 is 0 Å². The minimum absolute atomic E-state index is 0.127. The second kappa shape index (κ2) is 11.0. The number of methoxy groups -OCH3 is 1. The molecule has 0 bridgehead atoms. The Morgan fingerprint density at radius 2 is 1.66 bits per heavy atom. The molecule has 2 heterocycles. The SMILES string of the molecule is COC(=O)c1ccc([C@H]2C[C@H](OCc3ccccc3)[C@@H](COCc3ccccc3)O2)nc1. The second-order valence-corrected chi connectivity index (χ2v) is 7.70. The summed E-state index contributed by atoms with van der Waals surface area (Å²) >= 11 is 0. The number of carbonyl (C=O) groups excluding carboxylic acids is 1. The fraction of sp³-hybridized carbons (Fsp3) is 0.308. The summed E-state index contributed by atoms with van der Waals surface area (Å²) in [5, 5.41) is 0. The molecular weight excluding hydrogens is 406 g/mol. The van der Waals surface area contributed by atoms with E-state index in [2.05, 4.69) is 4.98 Å². The molecular formula is C26H27NO5. The third-order valence-electron chi connectivity index (χ3n) is 5.44. The molecule has 1 aliphatic heterocycles. The van der Waals surface area contributed by atoms with Crippen molar-refractivity contribution in [2.75, 3.05) is 13.7 Å². The Morgan fingerprint density at radius 1 is 0.969 bits per heavy atom. The van der Waals surface area contributed by atoms with Gasteiger partial charge in [-0.05, 0) is 23.3 Å². The van der Waals surface area contributed by atoms with Gasteiger partial charge in [0.05, 0.1) is 44.3 Å². The zero-order valence-corrected chi connectivity index (χ0v) is 18.1. The van der Waals surface area contributed by atoms with Gasteiger partial charge in [-0.2, -0.15) is 0 Å². The largest absolute Gasteiger partial charge is 0.465 e. The highest BCUT2D eigenvalue weighted by molar-refractivity contribution is 5.88. The van der Waals surface area contributed by atoms with Crippen molar-refractivity contribution in [2.45, 2.75) is 37.9 Å². The molecule has 0 unspecified atom stereocenters. The molecule has 6 nitrogen and oxygen atoms in total. The predicted octanol–water partition coefficient (Wildman–Crippen LogP) is 4.50. The van der Waals surface area contributed by atoms with Crippen molar-refractivity contribution < 1.29 is 23.7 Å². The summed E-state index contributed by atoms with van der Waals surface area (Å²) < 4.78 is 23.2. The Hall–Kier alpha value is -3.06. The lowest BCUT2D eigenvalue weighted by Gasteiger charge is -2.19. The van der Waals surface area contributed by atoms with Crippen molar-refractivity contribution >= 4 is 5.97 Å². The number of ether oxygens (including phenoxy) is 4. The zero-order valence-electron chi connectivity index (χ0n) is 18.1. The maximum Gasteiger partial charge on any atom is 0.339 e. The fourth-order valence-electron chi connectivity index (χ4n) is 3.71. The van der Waals surface area contributed by atoms with Gasteiger partial charge in [0.2, 0.25) is 0 Å². The molecule has 0 saturated carbocycles. The van der Waals surface area contributed by atoms with Crippen LogP contribution in [0.5, 0.6) is 0 Å². The number of aromatic nitrogens is 1. The van der Waals surface area contributed by atoms with Gasteiger partial charge in [0.25, 0.3) is 0 Å². The van der Waals surface area contributed by atoms with Gasteiger partial charge >= 0.3 is 5.97 Å². The van der Waals surface area contributed by atoms with Crippen LogP contribution in [0.3, 0.4) is 0 Å². The smallest absolute Gasteiger partial charge is 0.339 e. The van der Waals surface area contributed by atoms with E-state index in [1.165, 1.54) is 13.3 Å². The summed E-state index contributed by atoms with van der Waals surface area (Å²) in [7, 11) is 1.35. The Kier molecular flexibility index (Phi) is 7.61. The fourth-order valence-corrected chi connectivity index (χ4v) is 3.71. The lowest BCUT2D eigenvalue weighted by molar-refractivity contribution is -0.0720. The number of hydrogen-bond acceptors (Lipinski definition) is 6. The number of pyridine rings is 1. The number of rotatable bonds is 9. The highest BCUT2D eigenvalue weighted by atomic mass is 16.6. The van der Waals surface area contributed by atoms with Gasteiger partial charge in [0.1, 0.15) is 12.2 Å². The second-order valence-electron chi connectivity index (χ2n) is 7.70. The summed E-state index contributed by atoms with van der Waals surface area (Å²) in [4.78, 5) is 16.1. The first-order valence-corrected chi connectivity index (χ1v) is 10.7. The van der Waals surface area contributed by atoms with Gasteiger partial charge in [-0.3, -0.25) is 4.98 Å². The lowest BCUT2D eigenvalue weighted by Crippen LogP contribution is -2.29. The maximum atomic E-state index is 11.7. The minimum atomic E-state index is -0.410. The number of hydrogen-bond donors (Lipinski definition) is 0. The molecule has 3 atom stereocenters. The molecule has 1 aliphatic rings. The first-order valence-electron chi connectivity index (χ1n) is 10.7. The molecule has 1 fully saturated rings. The molecule has 0 N–H and O–H groups in total. The van der Waals surface area contributed by atoms with E-state index in [0.717, 1.165) is 16.8 Å². The first kappa shape index (κ1) is 22.1. The third kappa shape index (κ3) is 5.79. The van der Waals surface area contributed by atoms with Gasteiger partial charge in [0.15, 0.2) is 0 Å². The highest BCUT2D eigenvalue weighted by Gasteiger charge is 2.37. The Morgan fingerprint density at radius 3 is 2.28 bits per heavy atom. The highest BCUT2D eigenvalue weighted by Crippen LogP contribution is 2.34. The minimum Gasteiger partial charge on any atom is -0.465 e. The third-order valence-corrected chi connectivity index (χ3v) is 5.44. The number of carbonyl (C=O) groups is 1. The monoisotopic (exact) mass is 433 g/mol. The van der Waals surface area contributed by atoms with Crippen molar-refractivity contribution in [1.29, 1.82) is 0 Å². The van der Waals surface area contributed by atoms with E-state index in [4.69, 9.17) is 18.9 Å². The molecule has 32 heavy (non-hydrogen) atoms. The summed E-state index contributed by atoms with van der Waals surface area (Å²) in [5.74, 6) is -0.410. The molecule has 1 saturated heterocycles. The van der Waals surface area contributed by atoms with Crippen LogP contribution in [0.4, 0.5) is 0 Å². The predicted molar refractivity (Wildman–Crippen MR) is 119 cm³/mol. The van der Waals surface area contributed by atoms with Crippen LogP contribution >= 0.6 is 0 Å². The quantitative estimate of drug-likeness (QED) is 0.463. The van der Waals surface area contributed by atoms with Crippen LogP contribution in [0.1, 0.15) is 39.7 Å². The Labute approximate surface area is 188 Å². The van der Waals surface area contributed by atoms with Crippen LogP contribution in [0.2, 0.25) is 0 Å². The molecule has 0 spiro atoms. The van der Waals surface area contributed by atoms with Crippen LogP contribution in [-0.4, -0.2) is 36.9 Å². The summed E-state index contributed by atoms with van der Waals surface area (Å²) in [5.41, 5.74) is 3.40. The van der Waals surface area contributed by atoms with E-state index in [1.54, 1.807) is 12.1 Å². The standard InChI is InChI=1S/C26H27NO5/c1-29-26(28)21-12-13-22(27-15-21)23-14-24(31-17-20-10-6-3-7-11-20)25(32-23)18-30-16-19-8-4-2-5-9-19/h2-13,15,23-25H,14,16-18H2,1H3/t23-,24+,25-/m1/s1. The van der Waals surface area contributed by atoms with Gasteiger partial charge in [-0.1, -0.05) is 60.7 Å². The Balaban J connectivity index is 1.40. The number of benzene rings is 2. The van der Waals surface area contributed by atoms with Crippen LogP contribution in [-0.2, 0) is 32.2 Å². The van der Waals surface area contributed by atoms with Crippen molar-refractivity contribution in [3.63, 3.8) is 0 Å². The number of nitrogens with zero attached hydrogens (tertiary/aromatic N) is 1. The molecule has 1 aromatic heterocycles. The summed E-state index contributed by atoms with van der Waals surface area (Å²) in [6, 6.07) is 23.6. The van der Waals surface area contributed by atoms with E-state index < -0.39 is 5.97 Å². The van der Waals surface area contributed by atoms with Crippen LogP contribution in [0, 0.1) is 0 Å².